The number of fused-ring (bicyclic) bond motifs is 1. The second kappa shape index (κ2) is 10.1. The zero-order valence-corrected chi connectivity index (χ0v) is 19.8. The van der Waals surface area contributed by atoms with E-state index in [4.69, 9.17) is 0 Å². The number of sulfonamides is 1. The number of likely N-dealkylation sites (N-methyl/N-ethyl adjacent to an activating group) is 1. The number of carboxylic acids is 1. The highest BCUT2D eigenvalue weighted by Gasteiger charge is 2.25. The molecule has 8 heteroatoms. The van der Waals surface area contributed by atoms with Gasteiger partial charge >= 0.3 is 5.97 Å². The molecule has 1 heterocycles. The van der Waals surface area contributed by atoms with Gasteiger partial charge in [0.2, 0.25) is 0 Å². The molecular weight excluding hydrogens is 438 g/mol. The molecule has 0 aromatic heterocycles. The monoisotopic (exact) mass is 469 g/mol. The van der Waals surface area contributed by atoms with E-state index in [-0.39, 0.29) is 16.1 Å². The Morgan fingerprint density at radius 3 is 2.55 bits per heavy atom. The predicted molar refractivity (Wildman–Crippen MR) is 130 cm³/mol. The van der Waals surface area contributed by atoms with E-state index >= 15 is 0 Å². The van der Waals surface area contributed by atoms with Crippen molar-refractivity contribution in [3.8, 4) is 0 Å². The van der Waals surface area contributed by atoms with Crippen LogP contribution in [0.5, 0.6) is 0 Å². The third-order valence-corrected chi connectivity index (χ3v) is 7.90. The van der Waals surface area contributed by atoms with Crippen molar-refractivity contribution < 1.29 is 18.3 Å². The number of aromatic carboxylic acids is 1. The van der Waals surface area contributed by atoms with Gasteiger partial charge in [-0.3, -0.25) is 9.62 Å². The van der Waals surface area contributed by atoms with Crippen LogP contribution in [0, 0.1) is 0 Å². The minimum atomic E-state index is -3.97. The minimum Gasteiger partial charge on any atom is -0.478 e. The highest BCUT2D eigenvalue weighted by atomic mass is 32.2. The molecule has 33 heavy (non-hydrogen) atoms. The molecule has 0 amide bonds. The largest absolute Gasteiger partial charge is 0.478 e. The predicted octanol–water partition coefficient (Wildman–Crippen LogP) is 3.33. The van der Waals surface area contributed by atoms with E-state index in [0.717, 1.165) is 63.1 Å². The Labute approximate surface area is 195 Å². The van der Waals surface area contributed by atoms with Gasteiger partial charge in [0.25, 0.3) is 10.0 Å². The summed E-state index contributed by atoms with van der Waals surface area (Å²) in [5.74, 6) is -1.10. The Balaban J connectivity index is 1.57. The van der Waals surface area contributed by atoms with Crippen molar-refractivity contribution in [2.24, 2.45) is 0 Å². The van der Waals surface area contributed by atoms with E-state index in [0.29, 0.717) is 12.0 Å². The summed E-state index contributed by atoms with van der Waals surface area (Å²) in [6, 6.07) is 10.2. The Kier molecular flexibility index (Phi) is 7.17. The van der Waals surface area contributed by atoms with Gasteiger partial charge in [-0.15, -0.1) is 0 Å². The normalized spacial score (nSPS) is 17.7. The van der Waals surface area contributed by atoms with Crippen molar-refractivity contribution in [3.05, 3.63) is 64.7 Å². The lowest BCUT2D eigenvalue weighted by Gasteiger charge is -2.31. The molecule has 1 fully saturated rings. The summed E-state index contributed by atoms with van der Waals surface area (Å²) in [5, 5.41) is 9.85. The van der Waals surface area contributed by atoms with Gasteiger partial charge in [-0.25, -0.2) is 13.2 Å². The number of piperazine rings is 1. The molecule has 1 aliphatic heterocycles. The number of rotatable bonds is 7. The first-order chi connectivity index (χ1) is 15.8. The summed E-state index contributed by atoms with van der Waals surface area (Å²) >= 11 is 0. The Morgan fingerprint density at radius 2 is 1.79 bits per heavy atom. The highest BCUT2D eigenvalue weighted by Crippen LogP contribution is 2.31. The van der Waals surface area contributed by atoms with Crippen LogP contribution in [-0.4, -0.2) is 69.1 Å². The summed E-state index contributed by atoms with van der Waals surface area (Å²) in [4.78, 5) is 16.8. The fourth-order valence-corrected chi connectivity index (χ4v) is 5.85. The fraction of sp³-hybridized carbons (Fsp3) is 0.400. The van der Waals surface area contributed by atoms with Crippen LogP contribution in [0.25, 0.3) is 6.08 Å². The molecule has 0 saturated carbocycles. The minimum absolute atomic E-state index is 0.0684. The molecule has 0 radical (unpaired) electrons. The number of carbonyl (C=O) groups is 1. The maximum absolute atomic E-state index is 13.3. The summed E-state index contributed by atoms with van der Waals surface area (Å²) < 4.78 is 29.2. The first kappa shape index (κ1) is 23.5. The van der Waals surface area contributed by atoms with Crippen LogP contribution in [0.4, 0.5) is 5.69 Å². The molecule has 0 unspecified atom stereocenters. The lowest BCUT2D eigenvalue weighted by molar-refractivity contribution is 0.0696. The molecule has 176 valence electrons. The molecule has 2 aliphatic rings. The molecule has 1 aliphatic carbocycles. The van der Waals surface area contributed by atoms with Gasteiger partial charge in [-0.05, 0) is 61.6 Å². The molecule has 2 N–H and O–H groups in total. The maximum Gasteiger partial charge on any atom is 0.338 e. The molecule has 2 aromatic rings. The molecular formula is C25H31N3O4S. The smallest absolute Gasteiger partial charge is 0.338 e. The molecule has 4 rings (SSSR count). The van der Waals surface area contributed by atoms with Crippen molar-refractivity contribution in [2.75, 3.05) is 44.5 Å². The van der Waals surface area contributed by atoms with Crippen molar-refractivity contribution in [1.82, 2.24) is 9.80 Å². The van der Waals surface area contributed by atoms with Crippen LogP contribution < -0.4 is 4.72 Å². The first-order valence-electron chi connectivity index (χ1n) is 11.4. The Bertz CT molecular complexity index is 1150. The molecule has 0 spiro atoms. The zero-order valence-electron chi connectivity index (χ0n) is 19.0. The topological polar surface area (TPSA) is 90.0 Å². The number of aryl methyl sites for hydroxylation is 1. The lowest BCUT2D eigenvalue weighted by atomic mass is 9.87. The molecule has 0 atom stereocenters. The highest BCUT2D eigenvalue weighted by molar-refractivity contribution is 7.92. The average molecular weight is 470 g/mol. The SMILES string of the molecule is CN1CCN(C/C=C/c2ccccc2S(=O)(=O)Nc2ccc3c(c2C(=O)O)CCCC3)CC1. The van der Waals surface area contributed by atoms with Crippen LogP contribution in [-0.2, 0) is 22.9 Å². The number of nitrogens with zero attached hydrogens (tertiary/aromatic N) is 2. The second-order valence-corrected chi connectivity index (χ2v) is 10.4. The second-order valence-electron chi connectivity index (χ2n) is 8.79. The van der Waals surface area contributed by atoms with Gasteiger partial charge < -0.3 is 10.0 Å². The standard InChI is InChI=1S/C25H31N3O4S/c1-27-15-17-28(18-16-27)14-6-9-20-8-3-5-11-23(20)33(31,32)26-22-13-12-19-7-2-4-10-21(19)24(22)25(29)30/h3,5-6,8-9,11-13,26H,2,4,7,10,14-18H2,1H3,(H,29,30)/b9-6+. The molecule has 0 bridgehead atoms. The van der Waals surface area contributed by atoms with E-state index in [1.165, 1.54) is 0 Å². The number of benzene rings is 2. The average Bonchev–Trinajstić information content (AvgIpc) is 2.80. The first-order valence-corrected chi connectivity index (χ1v) is 12.9. The molecule has 1 saturated heterocycles. The summed E-state index contributed by atoms with van der Waals surface area (Å²) in [7, 11) is -1.86. The number of carboxylic acid groups (broad SMARTS) is 1. The quantitative estimate of drug-likeness (QED) is 0.647. The maximum atomic E-state index is 13.3. The lowest BCUT2D eigenvalue weighted by Crippen LogP contribution is -2.44. The van der Waals surface area contributed by atoms with Gasteiger partial charge in [-0.2, -0.15) is 0 Å². The number of hydrogen-bond donors (Lipinski definition) is 2. The van der Waals surface area contributed by atoms with Gasteiger partial charge in [0, 0.05) is 32.7 Å². The van der Waals surface area contributed by atoms with Crippen LogP contribution in [0.3, 0.4) is 0 Å². The van der Waals surface area contributed by atoms with E-state index in [9.17, 15) is 18.3 Å². The summed E-state index contributed by atoms with van der Waals surface area (Å²) in [5.41, 5.74) is 2.51. The van der Waals surface area contributed by atoms with Gasteiger partial charge in [0.15, 0.2) is 0 Å². The third kappa shape index (κ3) is 5.46. The molecule has 2 aromatic carbocycles. The van der Waals surface area contributed by atoms with Gasteiger partial charge in [-0.1, -0.05) is 36.4 Å². The van der Waals surface area contributed by atoms with Crippen LogP contribution in [0.2, 0.25) is 0 Å². The van der Waals surface area contributed by atoms with Crippen LogP contribution in [0.15, 0.2) is 47.4 Å². The van der Waals surface area contributed by atoms with Crippen molar-refractivity contribution >= 4 is 27.8 Å². The van der Waals surface area contributed by atoms with E-state index in [1.807, 2.05) is 18.2 Å². The third-order valence-electron chi connectivity index (χ3n) is 6.46. The van der Waals surface area contributed by atoms with E-state index in [1.54, 1.807) is 30.3 Å². The van der Waals surface area contributed by atoms with E-state index < -0.39 is 16.0 Å². The zero-order chi connectivity index (χ0) is 23.4. The van der Waals surface area contributed by atoms with Crippen LogP contribution in [0.1, 0.15) is 39.9 Å². The molecule has 7 nitrogen and oxygen atoms in total. The van der Waals surface area contributed by atoms with Gasteiger partial charge in [0.1, 0.15) is 0 Å². The van der Waals surface area contributed by atoms with Gasteiger partial charge in [0.05, 0.1) is 16.1 Å². The van der Waals surface area contributed by atoms with Crippen LogP contribution >= 0.6 is 0 Å². The number of hydrogen-bond acceptors (Lipinski definition) is 5. The van der Waals surface area contributed by atoms with Crippen molar-refractivity contribution in [2.45, 2.75) is 30.6 Å². The summed E-state index contributed by atoms with van der Waals surface area (Å²) in [6.45, 7) is 4.77. The number of nitrogens with one attached hydrogen (secondary N) is 1. The summed E-state index contributed by atoms with van der Waals surface area (Å²) in [6.07, 6.45) is 7.22. The Hall–Kier alpha value is -2.68. The Morgan fingerprint density at radius 1 is 1.06 bits per heavy atom. The van der Waals surface area contributed by atoms with Crippen molar-refractivity contribution in [1.29, 1.82) is 0 Å². The fourth-order valence-electron chi connectivity index (χ4n) is 4.58. The van der Waals surface area contributed by atoms with E-state index in [2.05, 4.69) is 21.6 Å². The number of anilines is 1. The van der Waals surface area contributed by atoms with Crippen molar-refractivity contribution in [3.63, 3.8) is 0 Å².